The van der Waals surface area contributed by atoms with E-state index in [1.807, 2.05) is 0 Å². The van der Waals surface area contributed by atoms with Gasteiger partial charge in [0, 0.05) is 0 Å². The minimum absolute atomic E-state index is 0.531. The van der Waals surface area contributed by atoms with Crippen LogP contribution in [-0.4, -0.2) is 0 Å². The van der Waals surface area contributed by atoms with E-state index in [2.05, 4.69) is 34.6 Å². The maximum absolute atomic E-state index is 2.46. The summed E-state index contributed by atoms with van der Waals surface area (Å²) < 4.78 is 0. The largest absolute Gasteiger partial charge is 0.0654 e. The van der Waals surface area contributed by atoms with Crippen LogP contribution >= 0.6 is 0 Å². The topological polar surface area (TPSA) is 0 Å². The van der Waals surface area contributed by atoms with Gasteiger partial charge in [-0.05, 0) is 36.0 Å². The maximum atomic E-state index is 2.46. The summed E-state index contributed by atoms with van der Waals surface area (Å²) in [6.45, 7) is 12.1. The van der Waals surface area contributed by atoms with Gasteiger partial charge in [0.05, 0.1) is 0 Å². The summed E-state index contributed by atoms with van der Waals surface area (Å²) >= 11 is 0. The van der Waals surface area contributed by atoms with Crippen molar-refractivity contribution in [3.8, 4) is 0 Å². The molecule has 1 saturated carbocycles. The van der Waals surface area contributed by atoms with Gasteiger partial charge in [0.15, 0.2) is 0 Å². The van der Waals surface area contributed by atoms with Gasteiger partial charge in [-0.25, -0.2) is 0 Å². The van der Waals surface area contributed by atoms with Crippen molar-refractivity contribution < 1.29 is 0 Å². The minimum Gasteiger partial charge on any atom is -0.0654 e. The second-order valence-electron chi connectivity index (χ2n) is 5.63. The first-order valence-corrected chi connectivity index (χ1v) is 5.42. The lowest BCUT2D eigenvalue weighted by Gasteiger charge is -2.42. The molecule has 0 aromatic heterocycles. The molecule has 0 amide bonds. The molecule has 72 valence electrons. The van der Waals surface area contributed by atoms with Crippen LogP contribution < -0.4 is 0 Å². The Labute approximate surface area is 77.7 Å². The Morgan fingerprint density at radius 3 is 1.92 bits per heavy atom. The SMILES string of the molecule is CCCC(C)(C)C(C)(C)C1CC1. The van der Waals surface area contributed by atoms with Crippen molar-refractivity contribution in [3.63, 3.8) is 0 Å². The van der Waals surface area contributed by atoms with Crippen LogP contribution in [0.25, 0.3) is 0 Å². The van der Waals surface area contributed by atoms with Crippen molar-refractivity contribution in [2.45, 2.75) is 60.3 Å². The van der Waals surface area contributed by atoms with Crippen LogP contribution in [0.3, 0.4) is 0 Å². The van der Waals surface area contributed by atoms with Gasteiger partial charge in [-0.15, -0.1) is 0 Å². The van der Waals surface area contributed by atoms with E-state index in [4.69, 9.17) is 0 Å². The number of hydrogen-bond donors (Lipinski definition) is 0. The molecule has 0 saturated heterocycles. The van der Waals surface area contributed by atoms with Gasteiger partial charge in [-0.2, -0.15) is 0 Å². The summed E-state index contributed by atoms with van der Waals surface area (Å²) in [5, 5.41) is 0. The second kappa shape index (κ2) is 3.05. The van der Waals surface area contributed by atoms with Crippen molar-refractivity contribution in [3.05, 3.63) is 0 Å². The summed E-state index contributed by atoms with van der Waals surface area (Å²) in [5.41, 5.74) is 1.09. The van der Waals surface area contributed by atoms with Crippen LogP contribution in [0.4, 0.5) is 0 Å². The van der Waals surface area contributed by atoms with E-state index in [0.29, 0.717) is 10.8 Å². The molecule has 0 bridgehead atoms. The zero-order valence-corrected chi connectivity index (χ0v) is 9.41. The molecule has 0 nitrogen and oxygen atoms in total. The highest BCUT2D eigenvalue weighted by Gasteiger charge is 2.46. The van der Waals surface area contributed by atoms with E-state index >= 15 is 0 Å². The van der Waals surface area contributed by atoms with Crippen molar-refractivity contribution in [1.82, 2.24) is 0 Å². The molecule has 0 N–H and O–H groups in total. The lowest BCUT2D eigenvalue weighted by Crippen LogP contribution is -2.34. The maximum Gasteiger partial charge on any atom is -0.0275 e. The Bertz CT molecular complexity index is 149. The molecular formula is C12H24. The van der Waals surface area contributed by atoms with E-state index < -0.39 is 0 Å². The molecule has 0 heteroatoms. The van der Waals surface area contributed by atoms with Crippen LogP contribution in [0.1, 0.15) is 60.3 Å². The molecule has 12 heavy (non-hydrogen) atoms. The van der Waals surface area contributed by atoms with Crippen LogP contribution in [0.2, 0.25) is 0 Å². The summed E-state index contributed by atoms with van der Waals surface area (Å²) in [4.78, 5) is 0. The van der Waals surface area contributed by atoms with E-state index in [1.54, 1.807) is 0 Å². The Hall–Kier alpha value is 0. The molecule has 0 heterocycles. The Kier molecular flexibility index (Phi) is 2.56. The summed E-state index contributed by atoms with van der Waals surface area (Å²) in [5.74, 6) is 1.01. The summed E-state index contributed by atoms with van der Waals surface area (Å²) in [6, 6.07) is 0. The first-order chi connectivity index (χ1) is 5.42. The standard InChI is InChI=1S/C12H24/c1-6-9-11(2,3)12(4,5)10-7-8-10/h10H,6-9H2,1-5H3. The highest BCUT2D eigenvalue weighted by molar-refractivity contribution is 4.96. The molecule has 0 aromatic rings. The zero-order valence-electron chi connectivity index (χ0n) is 9.41. The molecular weight excluding hydrogens is 144 g/mol. The third kappa shape index (κ3) is 1.67. The van der Waals surface area contributed by atoms with E-state index in [0.717, 1.165) is 5.92 Å². The Balaban J connectivity index is 2.63. The fraction of sp³-hybridized carbons (Fsp3) is 1.00. The van der Waals surface area contributed by atoms with Crippen LogP contribution in [0, 0.1) is 16.7 Å². The number of rotatable bonds is 4. The van der Waals surface area contributed by atoms with Crippen LogP contribution in [0.5, 0.6) is 0 Å². The third-order valence-corrected chi connectivity index (χ3v) is 4.22. The monoisotopic (exact) mass is 168 g/mol. The quantitative estimate of drug-likeness (QED) is 0.588. The van der Waals surface area contributed by atoms with Gasteiger partial charge < -0.3 is 0 Å². The average molecular weight is 168 g/mol. The first kappa shape index (κ1) is 10.1. The van der Waals surface area contributed by atoms with Crippen molar-refractivity contribution in [1.29, 1.82) is 0 Å². The summed E-state index contributed by atoms with van der Waals surface area (Å²) in [7, 11) is 0. The molecule has 0 atom stereocenters. The molecule has 0 unspecified atom stereocenters. The highest BCUT2D eigenvalue weighted by atomic mass is 14.5. The Morgan fingerprint density at radius 1 is 1.08 bits per heavy atom. The lowest BCUT2D eigenvalue weighted by atomic mass is 9.63. The van der Waals surface area contributed by atoms with Crippen molar-refractivity contribution in [2.75, 3.05) is 0 Å². The predicted octanol–water partition coefficient (Wildman–Crippen LogP) is 4.25. The van der Waals surface area contributed by atoms with Gasteiger partial charge in [0.1, 0.15) is 0 Å². The average Bonchev–Trinajstić information content (AvgIpc) is 2.66. The third-order valence-electron chi connectivity index (χ3n) is 4.22. The summed E-state index contributed by atoms with van der Waals surface area (Å²) in [6.07, 6.45) is 5.64. The van der Waals surface area contributed by atoms with Crippen LogP contribution in [-0.2, 0) is 0 Å². The zero-order chi connectivity index (χ0) is 9.41. The molecule has 1 rings (SSSR count). The molecule has 0 radical (unpaired) electrons. The fourth-order valence-electron chi connectivity index (χ4n) is 2.30. The van der Waals surface area contributed by atoms with E-state index in [9.17, 15) is 0 Å². The van der Waals surface area contributed by atoms with Crippen LogP contribution in [0.15, 0.2) is 0 Å². The molecule has 1 aliphatic carbocycles. The first-order valence-electron chi connectivity index (χ1n) is 5.42. The van der Waals surface area contributed by atoms with Gasteiger partial charge in [0.25, 0.3) is 0 Å². The molecule has 0 aliphatic heterocycles. The molecule has 0 aromatic carbocycles. The van der Waals surface area contributed by atoms with Crippen molar-refractivity contribution >= 4 is 0 Å². The predicted molar refractivity (Wildman–Crippen MR) is 55.2 cm³/mol. The highest BCUT2D eigenvalue weighted by Crippen LogP contribution is 2.56. The van der Waals surface area contributed by atoms with E-state index in [-0.39, 0.29) is 0 Å². The molecule has 1 fully saturated rings. The minimum atomic E-state index is 0.531. The van der Waals surface area contributed by atoms with Gasteiger partial charge in [0.2, 0.25) is 0 Å². The van der Waals surface area contributed by atoms with Gasteiger partial charge in [-0.3, -0.25) is 0 Å². The smallest absolute Gasteiger partial charge is 0.0275 e. The lowest BCUT2D eigenvalue weighted by molar-refractivity contribution is 0.0725. The second-order valence-corrected chi connectivity index (χ2v) is 5.63. The Morgan fingerprint density at radius 2 is 1.58 bits per heavy atom. The fourth-order valence-corrected chi connectivity index (χ4v) is 2.30. The normalized spacial score (nSPS) is 19.8. The molecule has 1 aliphatic rings. The van der Waals surface area contributed by atoms with Gasteiger partial charge >= 0.3 is 0 Å². The van der Waals surface area contributed by atoms with E-state index in [1.165, 1.54) is 25.7 Å². The van der Waals surface area contributed by atoms with Crippen molar-refractivity contribution in [2.24, 2.45) is 16.7 Å². The number of hydrogen-bond acceptors (Lipinski definition) is 0. The molecule has 0 spiro atoms. The van der Waals surface area contributed by atoms with Gasteiger partial charge in [-0.1, -0.05) is 41.0 Å².